The average molecular weight is 378 g/mol. The van der Waals surface area contributed by atoms with E-state index in [0.29, 0.717) is 25.6 Å². The van der Waals surface area contributed by atoms with E-state index in [9.17, 15) is 13.6 Å². The lowest BCUT2D eigenvalue weighted by Gasteiger charge is -2.42. The molecule has 4 nitrogen and oxygen atoms in total. The minimum atomic E-state index is -0.827. The summed E-state index contributed by atoms with van der Waals surface area (Å²) < 4.78 is 32.7. The number of halogens is 2. The highest BCUT2D eigenvalue weighted by molar-refractivity contribution is 5.79. The summed E-state index contributed by atoms with van der Waals surface area (Å²) >= 11 is 0. The van der Waals surface area contributed by atoms with Crippen LogP contribution in [0.1, 0.15) is 38.2 Å². The molecular formula is C21H28F2N2O2. The molecule has 27 heavy (non-hydrogen) atoms. The molecule has 0 N–H and O–H groups in total. The summed E-state index contributed by atoms with van der Waals surface area (Å²) in [7, 11) is 0. The molecule has 148 valence electrons. The minimum absolute atomic E-state index is 0.0571. The fourth-order valence-electron chi connectivity index (χ4n) is 4.77. The van der Waals surface area contributed by atoms with E-state index in [2.05, 4.69) is 11.8 Å². The number of carbonyl (C=O) groups excluding carboxylic acids is 1. The maximum atomic E-state index is 13.6. The Bertz CT molecular complexity index is 691. The van der Waals surface area contributed by atoms with Crippen LogP contribution in [0.15, 0.2) is 18.2 Å². The van der Waals surface area contributed by atoms with Gasteiger partial charge in [0.05, 0.1) is 12.0 Å². The lowest BCUT2D eigenvalue weighted by atomic mass is 9.88. The van der Waals surface area contributed by atoms with Crippen molar-refractivity contribution in [1.29, 1.82) is 0 Å². The Morgan fingerprint density at radius 2 is 1.96 bits per heavy atom. The third-order valence-corrected chi connectivity index (χ3v) is 6.43. The largest absolute Gasteiger partial charge is 0.377 e. The fraction of sp³-hybridized carbons (Fsp3) is 0.667. The van der Waals surface area contributed by atoms with E-state index in [4.69, 9.17) is 4.74 Å². The van der Waals surface area contributed by atoms with E-state index in [1.165, 1.54) is 12.1 Å². The molecule has 3 fully saturated rings. The average Bonchev–Trinajstić information content (AvgIpc) is 3.14. The predicted molar refractivity (Wildman–Crippen MR) is 98.0 cm³/mol. The number of rotatable bonds is 3. The number of carbonyl (C=O) groups is 1. The number of benzene rings is 1. The number of hydrogen-bond donors (Lipinski definition) is 0. The van der Waals surface area contributed by atoms with E-state index in [-0.39, 0.29) is 24.0 Å². The normalized spacial score (nSPS) is 29.7. The molecule has 0 aliphatic carbocycles. The topological polar surface area (TPSA) is 32.8 Å². The van der Waals surface area contributed by atoms with Crippen LogP contribution in [0.5, 0.6) is 0 Å². The van der Waals surface area contributed by atoms with Crippen molar-refractivity contribution in [3.05, 3.63) is 35.4 Å². The number of likely N-dealkylation sites (tertiary alicyclic amines) is 2. The number of fused-ring (bicyclic) bond motifs is 1. The van der Waals surface area contributed by atoms with Crippen LogP contribution >= 0.6 is 0 Å². The molecular weight excluding hydrogens is 350 g/mol. The van der Waals surface area contributed by atoms with Gasteiger partial charge in [0.25, 0.3) is 0 Å². The van der Waals surface area contributed by atoms with Gasteiger partial charge in [0.2, 0.25) is 5.91 Å². The molecule has 0 bridgehead atoms. The Labute approximate surface area is 159 Å². The summed E-state index contributed by atoms with van der Waals surface area (Å²) in [4.78, 5) is 17.3. The van der Waals surface area contributed by atoms with Crippen LogP contribution in [0, 0.1) is 23.5 Å². The van der Waals surface area contributed by atoms with Gasteiger partial charge in [0.1, 0.15) is 0 Å². The van der Waals surface area contributed by atoms with Gasteiger partial charge in [-0.15, -0.1) is 0 Å². The second kappa shape index (κ2) is 7.84. The molecule has 3 aliphatic heterocycles. The van der Waals surface area contributed by atoms with E-state index < -0.39 is 11.6 Å². The van der Waals surface area contributed by atoms with E-state index >= 15 is 0 Å². The van der Waals surface area contributed by atoms with Crippen molar-refractivity contribution >= 4 is 5.91 Å². The molecule has 6 heteroatoms. The maximum absolute atomic E-state index is 13.6. The van der Waals surface area contributed by atoms with Crippen LogP contribution in [-0.2, 0) is 16.1 Å². The van der Waals surface area contributed by atoms with Gasteiger partial charge in [-0.05, 0) is 49.3 Å². The first-order valence-corrected chi connectivity index (χ1v) is 10.1. The van der Waals surface area contributed by atoms with Crippen molar-refractivity contribution in [3.63, 3.8) is 0 Å². The van der Waals surface area contributed by atoms with Crippen molar-refractivity contribution in [2.45, 2.75) is 51.3 Å². The molecule has 0 radical (unpaired) electrons. The van der Waals surface area contributed by atoms with Crippen molar-refractivity contribution in [2.24, 2.45) is 11.8 Å². The standard InChI is InChI=1S/C21H28F2N2O2/c1-14-4-7-24(8-5-14)21(26)16-11-20-19(6-9-27-20)25(13-16)12-15-2-3-17(22)18(23)10-15/h2-3,10,14,16,19-20H,4-9,11-13H2,1H3/t16-,19+,20+/m0/s1. The van der Waals surface area contributed by atoms with Gasteiger partial charge in [0.15, 0.2) is 11.6 Å². The first-order chi connectivity index (χ1) is 13.0. The third kappa shape index (κ3) is 4.02. The molecule has 4 rings (SSSR count). The van der Waals surface area contributed by atoms with Crippen LogP contribution in [0.25, 0.3) is 0 Å². The summed E-state index contributed by atoms with van der Waals surface area (Å²) in [6.07, 6.45) is 3.89. The highest BCUT2D eigenvalue weighted by atomic mass is 19.2. The van der Waals surface area contributed by atoms with Crippen molar-refractivity contribution in [1.82, 2.24) is 9.80 Å². The first-order valence-electron chi connectivity index (χ1n) is 10.1. The summed E-state index contributed by atoms with van der Waals surface area (Å²) in [5.41, 5.74) is 0.736. The lowest BCUT2D eigenvalue weighted by Crippen LogP contribution is -2.53. The molecule has 1 amide bonds. The fourth-order valence-corrected chi connectivity index (χ4v) is 4.77. The first kappa shape index (κ1) is 18.8. The van der Waals surface area contributed by atoms with E-state index in [0.717, 1.165) is 44.3 Å². The molecule has 1 aromatic rings. The maximum Gasteiger partial charge on any atom is 0.227 e. The lowest BCUT2D eigenvalue weighted by molar-refractivity contribution is -0.141. The molecule has 0 saturated carbocycles. The zero-order valence-corrected chi connectivity index (χ0v) is 15.9. The third-order valence-electron chi connectivity index (χ3n) is 6.43. The Morgan fingerprint density at radius 3 is 2.70 bits per heavy atom. The van der Waals surface area contributed by atoms with E-state index in [1.807, 2.05) is 4.90 Å². The second-order valence-electron chi connectivity index (χ2n) is 8.38. The number of nitrogens with zero attached hydrogens (tertiary/aromatic N) is 2. The van der Waals surface area contributed by atoms with Gasteiger partial charge in [-0.3, -0.25) is 9.69 Å². The number of piperidine rings is 2. The molecule has 0 aromatic heterocycles. The smallest absolute Gasteiger partial charge is 0.227 e. The van der Waals surface area contributed by atoms with Gasteiger partial charge in [-0.1, -0.05) is 13.0 Å². The molecule has 3 saturated heterocycles. The molecule has 3 atom stereocenters. The van der Waals surface area contributed by atoms with Crippen LogP contribution in [0.4, 0.5) is 8.78 Å². The molecule has 0 spiro atoms. The SMILES string of the molecule is CC1CCN(C(=O)[C@H]2C[C@H]3OCC[C@H]3N(Cc3ccc(F)c(F)c3)C2)CC1. The second-order valence-corrected chi connectivity index (χ2v) is 8.38. The van der Waals surface area contributed by atoms with Gasteiger partial charge in [0, 0.05) is 38.8 Å². The summed E-state index contributed by atoms with van der Waals surface area (Å²) in [5, 5.41) is 0. The Kier molecular flexibility index (Phi) is 5.46. The monoisotopic (exact) mass is 378 g/mol. The minimum Gasteiger partial charge on any atom is -0.377 e. The number of ether oxygens (including phenoxy) is 1. The van der Waals surface area contributed by atoms with Crippen LogP contribution in [0.3, 0.4) is 0 Å². The predicted octanol–water partition coefficient (Wildman–Crippen LogP) is 3.20. The van der Waals surface area contributed by atoms with Crippen LogP contribution in [-0.4, -0.2) is 54.1 Å². The zero-order valence-electron chi connectivity index (χ0n) is 15.9. The van der Waals surface area contributed by atoms with Gasteiger partial charge >= 0.3 is 0 Å². The van der Waals surface area contributed by atoms with Crippen molar-refractivity contribution in [3.8, 4) is 0 Å². The highest BCUT2D eigenvalue weighted by Crippen LogP contribution is 2.34. The van der Waals surface area contributed by atoms with Gasteiger partial charge < -0.3 is 9.64 Å². The molecule has 1 aromatic carbocycles. The van der Waals surface area contributed by atoms with E-state index in [1.54, 1.807) is 6.07 Å². The Hall–Kier alpha value is -1.53. The Balaban J connectivity index is 1.47. The van der Waals surface area contributed by atoms with Crippen molar-refractivity contribution < 1.29 is 18.3 Å². The van der Waals surface area contributed by atoms with Gasteiger partial charge in [-0.2, -0.15) is 0 Å². The van der Waals surface area contributed by atoms with Gasteiger partial charge in [-0.25, -0.2) is 8.78 Å². The zero-order chi connectivity index (χ0) is 19.0. The van der Waals surface area contributed by atoms with Crippen LogP contribution in [0.2, 0.25) is 0 Å². The molecule has 3 heterocycles. The van der Waals surface area contributed by atoms with Crippen LogP contribution < -0.4 is 0 Å². The van der Waals surface area contributed by atoms with Crippen molar-refractivity contribution in [2.75, 3.05) is 26.2 Å². The summed E-state index contributed by atoms with van der Waals surface area (Å²) in [5.74, 6) is -0.812. The quantitative estimate of drug-likeness (QED) is 0.810. The summed E-state index contributed by atoms with van der Waals surface area (Å²) in [6, 6.07) is 4.32. The highest BCUT2D eigenvalue weighted by Gasteiger charge is 2.43. The number of hydrogen-bond acceptors (Lipinski definition) is 3. The summed E-state index contributed by atoms with van der Waals surface area (Å²) in [6.45, 7) is 5.80. The molecule has 3 aliphatic rings. The Morgan fingerprint density at radius 1 is 1.19 bits per heavy atom. The molecule has 0 unspecified atom stereocenters. The number of amides is 1.